The minimum Gasteiger partial charge on any atom is -0.485 e. The Morgan fingerprint density at radius 3 is 2.46 bits per heavy atom. The number of carbonyl (C=O) groups is 1. The Bertz CT molecular complexity index is 1400. The van der Waals surface area contributed by atoms with Crippen molar-refractivity contribution < 1.29 is 14.3 Å². The Hall–Kier alpha value is -4.20. The standard InChI is InChI=1S/C27H27N3O5/c1-4-34-27(33)21(30-22-23(31)24(32)25(22)35-16(2)3)15-17-9-11-19(12-10-17)29-26-20-8-6-5-7-18(20)13-14-28-26/h5-14,16,21,30H,4,15H2,1-3H3,(H,28,29). The van der Waals surface area contributed by atoms with Crippen molar-refractivity contribution in [3.63, 3.8) is 0 Å². The number of nitrogens with one attached hydrogen (secondary N) is 2. The fourth-order valence-corrected chi connectivity index (χ4v) is 3.78. The van der Waals surface area contributed by atoms with Gasteiger partial charge in [0.15, 0.2) is 5.75 Å². The first-order valence-corrected chi connectivity index (χ1v) is 11.5. The van der Waals surface area contributed by atoms with Crippen LogP contribution in [-0.4, -0.2) is 29.7 Å². The highest BCUT2D eigenvalue weighted by Gasteiger charge is 2.29. The van der Waals surface area contributed by atoms with E-state index in [0.29, 0.717) is 0 Å². The second kappa shape index (κ2) is 10.4. The van der Waals surface area contributed by atoms with Gasteiger partial charge in [-0.15, -0.1) is 0 Å². The van der Waals surface area contributed by atoms with Gasteiger partial charge >= 0.3 is 5.97 Å². The first kappa shape index (κ1) is 23.9. The molecular weight excluding hydrogens is 446 g/mol. The number of ether oxygens (including phenoxy) is 2. The third-order valence-electron chi connectivity index (χ3n) is 5.44. The maximum absolute atomic E-state index is 12.6. The number of benzene rings is 2. The fourth-order valence-electron chi connectivity index (χ4n) is 3.78. The highest BCUT2D eigenvalue weighted by Crippen LogP contribution is 2.25. The second-order valence-electron chi connectivity index (χ2n) is 8.38. The molecule has 3 aromatic carbocycles. The Morgan fingerprint density at radius 1 is 1.00 bits per heavy atom. The topological polar surface area (TPSA) is 107 Å². The van der Waals surface area contributed by atoms with Gasteiger partial charge in [-0.1, -0.05) is 36.4 Å². The third-order valence-corrected chi connectivity index (χ3v) is 5.44. The molecule has 0 fully saturated rings. The van der Waals surface area contributed by atoms with Crippen molar-refractivity contribution >= 4 is 33.9 Å². The van der Waals surface area contributed by atoms with Gasteiger partial charge in [0.05, 0.1) is 12.7 Å². The van der Waals surface area contributed by atoms with Crippen LogP contribution in [0.2, 0.25) is 0 Å². The van der Waals surface area contributed by atoms with Gasteiger partial charge < -0.3 is 20.1 Å². The van der Waals surface area contributed by atoms with Crippen LogP contribution in [0.3, 0.4) is 0 Å². The van der Waals surface area contributed by atoms with Crippen molar-refractivity contribution in [1.82, 2.24) is 4.98 Å². The molecule has 1 unspecified atom stereocenters. The molecule has 0 radical (unpaired) electrons. The maximum atomic E-state index is 12.6. The lowest BCUT2D eigenvalue weighted by Crippen LogP contribution is -2.42. The van der Waals surface area contributed by atoms with Crippen LogP contribution >= 0.6 is 0 Å². The predicted molar refractivity (Wildman–Crippen MR) is 136 cm³/mol. The first-order chi connectivity index (χ1) is 16.9. The number of esters is 1. The van der Waals surface area contributed by atoms with E-state index >= 15 is 0 Å². The Kier molecular flexibility index (Phi) is 7.10. The molecule has 2 N–H and O–H groups in total. The molecule has 0 amide bonds. The average Bonchev–Trinajstić information content (AvgIpc) is 2.86. The molecule has 0 saturated heterocycles. The number of pyridine rings is 1. The molecule has 0 spiro atoms. The average molecular weight is 474 g/mol. The molecule has 8 nitrogen and oxygen atoms in total. The molecule has 35 heavy (non-hydrogen) atoms. The van der Waals surface area contributed by atoms with Gasteiger partial charge in [-0.2, -0.15) is 0 Å². The minimum atomic E-state index is -0.855. The second-order valence-corrected chi connectivity index (χ2v) is 8.38. The molecular formula is C27H27N3O5. The van der Waals surface area contributed by atoms with Gasteiger partial charge in [0.1, 0.15) is 17.5 Å². The van der Waals surface area contributed by atoms with Gasteiger partial charge in [-0.3, -0.25) is 9.59 Å². The maximum Gasteiger partial charge on any atom is 0.328 e. The number of hydrogen-bond donors (Lipinski definition) is 2. The van der Waals surface area contributed by atoms with Gasteiger partial charge in [-0.25, -0.2) is 9.78 Å². The molecule has 8 heteroatoms. The number of carbonyl (C=O) groups excluding carboxylic acids is 1. The van der Waals surface area contributed by atoms with Crippen molar-refractivity contribution in [3.8, 4) is 5.75 Å². The molecule has 1 aromatic heterocycles. The summed E-state index contributed by atoms with van der Waals surface area (Å²) in [6.07, 6.45) is 1.73. The van der Waals surface area contributed by atoms with Crippen LogP contribution in [0.4, 0.5) is 17.2 Å². The molecule has 0 aliphatic rings. The monoisotopic (exact) mass is 473 g/mol. The zero-order chi connectivity index (χ0) is 24.9. The van der Waals surface area contributed by atoms with E-state index in [4.69, 9.17) is 9.47 Å². The van der Waals surface area contributed by atoms with Crippen molar-refractivity contribution in [2.75, 3.05) is 17.2 Å². The van der Waals surface area contributed by atoms with Crippen LogP contribution in [0.1, 0.15) is 26.3 Å². The molecule has 180 valence electrons. The first-order valence-electron chi connectivity index (χ1n) is 11.5. The van der Waals surface area contributed by atoms with Crippen molar-refractivity contribution in [3.05, 3.63) is 86.8 Å². The lowest BCUT2D eigenvalue weighted by molar-refractivity contribution is -0.144. The Morgan fingerprint density at radius 2 is 1.74 bits per heavy atom. The highest BCUT2D eigenvalue weighted by molar-refractivity contribution is 5.93. The van der Waals surface area contributed by atoms with Crippen LogP contribution in [0.15, 0.2) is 70.4 Å². The van der Waals surface area contributed by atoms with E-state index in [1.165, 1.54) is 0 Å². The lowest BCUT2D eigenvalue weighted by Gasteiger charge is -2.22. The van der Waals surface area contributed by atoms with Gasteiger partial charge in [0, 0.05) is 23.7 Å². The minimum absolute atomic E-state index is 0.0158. The van der Waals surface area contributed by atoms with E-state index in [0.717, 1.165) is 27.8 Å². The summed E-state index contributed by atoms with van der Waals surface area (Å²) in [6, 6.07) is 16.6. The molecule has 1 atom stereocenters. The largest absolute Gasteiger partial charge is 0.485 e. The number of aromatic nitrogens is 1. The van der Waals surface area contributed by atoms with E-state index in [1.54, 1.807) is 27.0 Å². The van der Waals surface area contributed by atoms with Crippen LogP contribution in [-0.2, 0) is 16.0 Å². The summed E-state index contributed by atoms with van der Waals surface area (Å²) in [5, 5.41) is 8.31. The van der Waals surface area contributed by atoms with Crippen LogP contribution < -0.4 is 26.2 Å². The Balaban J connectivity index is 1.51. The van der Waals surface area contributed by atoms with Gasteiger partial charge in [-0.05, 0) is 49.9 Å². The molecule has 0 bridgehead atoms. The van der Waals surface area contributed by atoms with Crippen LogP contribution in [0.5, 0.6) is 5.75 Å². The highest BCUT2D eigenvalue weighted by atomic mass is 16.5. The lowest BCUT2D eigenvalue weighted by atomic mass is 10.0. The summed E-state index contributed by atoms with van der Waals surface area (Å²) in [4.78, 5) is 41.1. The smallest absolute Gasteiger partial charge is 0.328 e. The summed E-state index contributed by atoms with van der Waals surface area (Å²) >= 11 is 0. The number of hydrogen-bond acceptors (Lipinski definition) is 8. The third kappa shape index (κ3) is 5.32. The van der Waals surface area contributed by atoms with Gasteiger partial charge in [0.2, 0.25) is 0 Å². The summed E-state index contributed by atoms with van der Waals surface area (Å²) in [7, 11) is 0. The summed E-state index contributed by atoms with van der Waals surface area (Å²) in [6.45, 7) is 5.42. The van der Waals surface area contributed by atoms with E-state index in [2.05, 4.69) is 15.6 Å². The van der Waals surface area contributed by atoms with Crippen molar-refractivity contribution in [2.24, 2.45) is 0 Å². The van der Waals surface area contributed by atoms with Gasteiger partial charge in [0.25, 0.3) is 10.9 Å². The number of rotatable bonds is 10. The van der Waals surface area contributed by atoms with E-state index < -0.39 is 22.9 Å². The van der Waals surface area contributed by atoms with Crippen LogP contribution in [0, 0.1) is 0 Å². The molecule has 0 saturated carbocycles. The van der Waals surface area contributed by atoms with Crippen LogP contribution in [0.25, 0.3) is 10.8 Å². The van der Waals surface area contributed by atoms with E-state index in [-0.39, 0.29) is 30.6 Å². The zero-order valence-corrected chi connectivity index (χ0v) is 19.8. The van der Waals surface area contributed by atoms with Crippen molar-refractivity contribution in [1.29, 1.82) is 0 Å². The van der Waals surface area contributed by atoms with E-state index in [9.17, 15) is 14.4 Å². The number of anilines is 3. The summed E-state index contributed by atoms with van der Waals surface area (Å²) < 4.78 is 10.6. The molecule has 0 aliphatic carbocycles. The predicted octanol–water partition coefficient (Wildman–Crippen LogP) is 3.95. The summed E-state index contributed by atoms with van der Waals surface area (Å²) in [5.74, 6) is 0.194. The normalized spacial score (nSPS) is 12.0. The van der Waals surface area contributed by atoms with Crippen molar-refractivity contribution in [2.45, 2.75) is 39.3 Å². The molecule has 4 rings (SSSR count). The number of nitrogens with zero attached hydrogens (tertiary/aromatic N) is 1. The quantitative estimate of drug-likeness (QED) is 0.263. The SMILES string of the molecule is CCOC(=O)C(Cc1ccc(Nc2nccc3ccccc23)cc1)Nc1c(OC(C)C)c(=O)c1=O. The Labute approximate surface area is 202 Å². The summed E-state index contributed by atoms with van der Waals surface area (Å²) in [5.41, 5.74) is 0.311. The molecule has 1 heterocycles. The van der Waals surface area contributed by atoms with E-state index in [1.807, 2.05) is 54.6 Å². The fraction of sp³-hybridized carbons (Fsp3) is 0.259. The number of fused-ring (bicyclic) bond motifs is 1. The molecule has 4 aromatic rings. The zero-order valence-electron chi connectivity index (χ0n) is 19.8. The molecule has 0 aliphatic heterocycles.